The Labute approximate surface area is 140 Å². The molecule has 1 aromatic heterocycles. The molecule has 1 N–H and O–H groups in total. The lowest BCUT2D eigenvalue weighted by atomic mass is 10.1. The predicted octanol–water partition coefficient (Wildman–Crippen LogP) is 3.35. The third-order valence-electron chi connectivity index (χ3n) is 3.78. The van der Waals surface area contributed by atoms with Gasteiger partial charge in [0.25, 0.3) is 0 Å². The van der Waals surface area contributed by atoms with Gasteiger partial charge in [0.15, 0.2) is 0 Å². The van der Waals surface area contributed by atoms with E-state index in [1.807, 2.05) is 67.6 Å². The van der Waals surface area contributed by atoms with Crippen molar-refractivity contribution in [1.82, 2.24) is 15.5 Å². The van der Waals surface area contributed by atoms with E-state index >= 15 is 0 Å². The Balaban J connectivity index is 1.57. The van der Waals surface area contributed by atoms with Gasteiger partial charge in [0.1, 0.15) is 0 Å². The van der Waals surface area contributed by atoms with E-state index in [9.17, 15) is 4.79 Å². The second-order valence-corrected chi connectivity index (χ2v) is 5.59. The minimum atomic E-state index is -0.357. The van der Waals surface area contributed by atoms with E-state index in [-0.39, 0.29) is 17.8 Å². The summed E-state index contributed by atoms with van der Waals surface area (Å²) >= 11 is 0. The van der Waals surface area contributed by atoms with E-state index in [0.717, 1.165) is 12.0 Å². The zero-order valence-electron chi connectivity index (χ0n) is 13.5. The number of carbonyl (C=O) groups excluding carboxylic acids is 1. The van der Waals surface area contributed by atoms with Crippen LogP contribution in [0.25, 0.3) is 0 Å². The Hall–Kier alpha value is -2.95. The molecule has 3 rings (SSSR count). The lowest BCUT2D eigenvalue weighted by Crippen LogP contribution is -2.26. The SMILES string of the molecule is CC(NC(=O)c1nnc(CCc2ccccc2)o1)c1ccccc1. The Morgan fingerprint density at radius 1 is 1.00 bits per heavy atom. The van der Waals surface area contributed by atoms with Gasteiger partial charge in [0, 0.05) is 6.42 Å². The zero-order chi connectivity index (χ0) is 16.8. The highest BCUT2D eigenvalue weighted by molar-refractivity contribution is 5.89. The molecule has 0 saturated heterocycles. The molecule has 0 saturated carbocycles. The maximum absolute atomic E-state index is 12.2. The molecule has 2 aromatic carbocycles. The van der Waals surface area contributed by atoms with Crippen molar-refractivity contribution in [3.05, 3.63) is 83.6 Å². The lowest BCUT2D eigenvalue weighted by Gasteiger charge is -2.12. The van der Waals surface area contributed by atoms with Crippen molar-refractivity contribution in [3.8, 4) is 0 Å². The first kappa shape index (κ1) is 15.9. The molecule has 1 amide bonds. The van der Waals surface area contributed by atoms with Crippen LogP contribution in [-0.4, -0.2) is 16.1 Å². The Bertz CT molecular complexity index is 785. The molecule has 1 unspecified atom stereocenters. The highest BCUT2D eigenvalue weighted by atomic mass is 16.4. The molecule has 0 aliphatic heterocycles. The maximum atomic E-state index is 12.2. The summed E-state index contributed by atoms with van der Waals surface area (Å²) in [6.07, 6.45) is 1.41. The number of rotatable bonds is 6. The van der Waals surface area contributed by atoms with Crippen LogP contribution in [0.1, 0.15) is 40.7 Å². The Kier molecular flexibility index (Phi) is 5.01. The van der Waals surface area contributed by atoms with E-state index in [1.54, 1.807) is 0 Å². The summed E-state index contributed by atoms with van der Waals surface area (Å²) < 4.78 is 5.47. The standard InChI is InChI=1S/C19H19N3O2/c1-14(16-10-6-3-7-11-16)20-18(23)19-22-21-17(24-19)13-12-15-8-4-2-5-9-15/h2-11,14H,12-13H2,1H3,(H,20,23). The third kappa shape index (κ3) is 4.07. The minimum Gasteiger partial charge on any atom is -0.417 e. The van der Waals surface area contributed by atoms with Crippen LogP contribution in [0.2, 0.25) is 0 Å². The molecule has 24 heavy (non-hydrogen) atoms. The number of hydrogen-bond acceptors (Lipinski definition) is 4. The zero-order valence-corrected chi connectivity index (χ0v) is 13.5. The fourth-order valence-corrected chi connectivity index (χ4v) is 2.43. The molecule has 0 spiro atoms. The molecule has 0 fully saturated rings. The number of carbonyl (C=O) groups is 1. The van der Waals surface area contributed by atoms with Gasteiger partial charge in [0.05, 0.1) is 6.04 Å². The van der Waals surface area contributed by atoms with E-state index in [4.69, 9.17) is 4.42 Å². The van der Waals surface area contributed by atoms with Crippen LogP contribution in [-0.2, 0) is 12.8 Å². The number of hydrogen-bond donors (Lipinski definition) is 1. The molecular formula is C19H19N3O2. The van der Waals surface area contributed by atoms with Crippen LogP contribution < -0.4 is 5.32 Å². The highest BCUT2D eigenvalue weighted by Crippen LogP contribution is 2.12. The molecule has 0 bridgehead atoms. The molecule has 1 heterocycles. The molecule has 3 aromatic rings. The molecule has 1 atom stereocenters. The van der Waals surface area contributed by atoms with Gasteiger partial charge in [-0.05, 0) is 24.5 Å². The minimum absolute atomic E-state index is 0.000780. The number of benzene rings is 2. The second-order valence-electron chi connectivity index (χ2n) is 5.59. The smallest absolute Gasteiger partial charge is 0.309 e. The first-order valence-electron chi connectivity index (χ1n) is 7.94. The van der Waals surface area contributed by atoms with Crippen LogP contribution in [0.15, 0.2) is 65.1 Å². The average Bonchev–Trinajstić information content (AvgIpc) is 3.11. The monoisotopic (exact) mass is 321 g/mol. The summed E-state index contributed by atoms with van der Waals surface area (Å²) in [5.41, 5.74) is 2.22. The predicted molar refractivity (Wildman–Crippen MR) is 90.5 cm³/mol. The largest absolute Gasteiger partial charge is 0.417 e. The van der Waals surface area contributed by atoms with Crippen molar-refractivity contribution >= 4 is 5.91 Å². The van der Waals surface area contributed by atoms with Gasteiger partial charge in [-0.1, -0.05) is 60.7 Å². The van der Waals surface area contributed by atoms with E-state index in [0.29, 0.717) is 12.3 Å². The van der Waals surface area contributed by atoms with E-state index < -0.39 is 0 Å². The van der Waals surface area contributed by atoms with Crippen LogP contribution in [0, 0.1) is 0 Å². The normalized spacial score (nSPS) is 11.9. The summed E-state index contributed by atoms with van der Waals surface area (Å²) in [5, 5.41) is 10.7. The first-order chi connectivity index (χ1) is 11.7. The fourth-order valence-electron chi connectivity index (χ4n) is 2.43. The van der Waals surface area contributed by atoms with Gasteiger partial charge in [-0.2, -0.15) is 0 Å². The third-order valence-corrected chi connectivity index (χ3v) is 3.78. The van der Waals surface area contributed by atoms with Gasteiger partial charge < -0.3 is 9.73 Å². The molecule has 5 heteroatoms. The van der Waals surface area contributed by atoms with Crippen molar-refractivity contribution < 1.29 is 9.21 Å². The summed E-state index contributed by atoms with van der Waals surface area (Å²) in [5.74, 6) is 0.113. The number of aryl methyl sites for hydroxylation is 2. The number of aromatic nitrogens is 2. The Morgan fingerprint density at radius 3 is 2.38 bits per heavy atom. The second kappa shape index (κ2) is 7.55. The summed E-state index contributed by atoms with van der Waals surface area (Å²) in [4.78, 5) is 12.2. The summed E-state index contributed by atoms with van der Waals surface area (Å²) in [7, 11) is 0. The highest BCUT2D eigenvalue weighted by Gasteiger charge is 2.17. The average molecular weight is 321 g/mol. The molecule has 0 radical (unpaired) electrons. The topological polar surface area (TPSA) is 68.0 Å². The van der Waals surface area contributed by atoms with Gasteiger partial charge >= 0.3 is 11.8 Å². The number of amides is 1. The van der Waals surface area contributed by atoms with Gasteiger partial charge in [-0.15, -0.1) is 10.2 Å². The van der Waals surface area contributed by atoms with Crippen LogP contribution in [0.3, 0.4) is 0 Å². The van der Waals surface area contributed by atoms with Crippen molar-refractivity contribution in [3.63, 3.8) is 0 Å². The molecule has 0 aliphatic rings. The van der Waals surface area contributed by atoms with Gasteiger partial charge in [0.2, 0.25) is 5.89 Å². The van der Waals surface area contributed by atoms with Crippen LogP contribution in [0.4, 0.5) is 0 Å². The molecule has 5 nitrogen and oxygen atoms in total. The fraction of sp³-hybridized carbons (Fsp3) is 0.211. The van der Waals surface area contributed by atoms with E-state index in [1.165, 1.54) is 5.56 Å². The Morgan fingerprint density at radius 2 is 1.67 bits per heavy atom. The molecular weight excluding hydrogens is 302 g/mol. The quantitative estimate of drug-likeness (QED) is 0.756. The lowest BCUT2D eigenvalue weighted by molar-refractivity contribution is 0.0903. The summed E-state index contributed by atoms with van der Waals surface area (Å²) in [6, 6.07) is 19.7. The van der Waals surface area contributed by atoms with Crippen LogP contribution >= 0.6 is 0 Å². The van der Waals surface area contributed by atoms with E-state index in [2.05, 4.69) is 15.5 Å². The number of nitrogens with zero attached hydrogens (tertiary/aromatic N) is 2. The molecule has 0 aliphatic carbocycles. The first-order valence-corrected chi connectivity index (χ1v) is 7.94. The van der Waals surface area contributed by atoms with Crippen molar-refractivity contribution in [2.45, 2.75) is 25.8 Å². The van der Waals surface area contributed by atoms with Gasteiger partial charge in [-0.3, -0.25) is 4.79 Å². The van der Waals surface area contributed by atoms with Crippen LogP contribution in [0.5, 0.6) is 0 Å². The van der Waals surface area contributed by atoms with Gasteiger partial charge in [-0.25, -0.2) is 0 Å². The summed E-state index contributed by atoms with van der Waals surface area (Å²) in [6.45, 7) is 1.92. The maximum Gasteiger partial charge on any atom is 0.309 e. The van der Waals surface area contributed by atoms with Crippen molar-refractivity contribution in [2.75, 3.05) is 0 Å². The molecule has 122 valence electrons. The van der Waals surface area contributed by atoms with Crippen molar-refractivity contribution in [2.24, 2.45) is 0 Å². The van der Waals surface area contributed by atoms with Crippen molar-refractivity contribution in [1.29, 1.82) is 0 Å². The number of nitrogens with one attached hydrogen (secondary N) is 1.